The van der Waals surface area contributed by atoms with Crippen molar-refractivity contribution in [2.45, 2.75) is 32.4 Å². The number of carbonyl (C=O) groups is 1. The lowest BCUT2D eigenvalue weighted by Gasteiger charge is -2.21. The van der Waals surface area contributed by atoms with Crippen molar-refractivity contribution in [1.29, 1.82) is 0 Å². The minimum absolute atomic E-state index is 0.0760. The van der Waals surface area contributed by atoms with Crippen molar-refractivity contribution in [2.24, 2.45) is 5.73 Å². The Morgan fingerprint density at radius 1 is 1.44 bits per heavy atom. The predicted octanol–water partition coefficient (Wildman–Crippen LogP) is 3.08. The molecule has 0 unspecified atom stereocenters. The number of hydrogen-bond donors (Lipinski definition) is 1. The van der Waals surface area contributed by atoms with E-state index < -0.39 is 6.04 Å². The van der Waals surface area contributed by atoms with E-state index in [0.717, 1.165) is 12.0 Å². The molecule has 0 aliphatic rings. The van der Waals surface area contributed by atoms with Crippen molar-refractivity contribution >= 4 is 29.1 Å². The summed E-state index contributed by atoms with van der Waals surface area (Å²) < 4.78 is 0. The summed E-state index contributed by atoms with van der Waals surface area (Å²) in [6.07, 6.45) is 1.57. The van der Waals surface area contributed by atoms with Gasteiger partial charge in [0.05, 0.1) is 16.1 Å². The molecule has 0 heterocycles. The number of benzene rings is 1. The molecule has 2 N–H and O–H groups in total. The minimum atomic E-state index is -0.446. The average molecular weight is 289 g/mol. The summed E-state index contributed by atoms with van der Waals surface area (Å²) in [5.74, 6) is -0.0760. The van der Waals surface area contributed by atoms with Crippen LogP contribution in [-0.2, 0) is 11.3 Å². The van der Waals surface area contributed by atoms with Gasteiger partial charge in [0.15, 0.2) is 0 Å². The number of halogens is 2. The molecule has 0 fully saturated rings. The lowest BCUT2D eigenvalue weighted by atomic mass is 10.1. The molecular formula is C13H18Cl2N2O. The second kappa shape index (κ2) is 6.98. The van der Waals surface area contributed by atoms with E-state index in [1.807, 2.05) is 19.1 Å². The number of nitrogens with two attached hydrogens (primary N) is 1. The second-order valence-electron chi connectivity index (χ2n) is 4.30. The number of amides is 1. The van der Waals surface area contributed by atoms with E-state index in [1.54, 1.807) is 18.0 Å². The molecule has 0 spiro atoms. The Kier molecular flexibility index (Phi) is 5.93. The molecule has 1 amide bonds. The van der Waals surface area contributed by atoms with Gasteiger partial charge in [0.1, 0.15) is 0 Å². The third-order valence-corrected chi connectivity index (χ3v) is 3.59. The molecule has 0 radical (unpaired) electrons. The average Bonchev–Trinajstić information content (AvgIpc) is 2.34. The highest BCUT2D eigenvalue weighted by Gasteiger charge is 2.18. The van der Waals surface area contributed by atoms with Crippen LogP contribution in [0.15, 0.2) is 18.2 Å². The Balaban J connectivity index is 2.72. The normalized spacial score (nSPS) is 12.3. The maximum atomic E-state index is 12.0. The molecule has 0 saturated heterocycles. The van der Waals surface area contributed by atoms with Crippen molar-refractivity contribution in [3.8, 4) is 0 Å². The first kappa shape index (κ1) is 15.3. The molecule has 0 aromatic heterocycles. The van der Waals surface area contributed by atoms with Crippen LogP contribution in [0.5, 0.6) is 0 Å². The minimum Gasteiger partial charge on any atom is -0.340 e. The number of likely N-dealkylation sites (N-methyl/N-ethyl adjacent to an activating group) is 1. The van der Waals surface area contributed by atoms with Gasteiger partial charge in [0, 0.05) is 13.6 Å². The van der Waals surface area contributed by atoms with Gasteiger partial charge in [0.25, 0.3) is 0 Å². The van der Waals surface area contributed by atoms with Crippen LogP contribution >= 0.6 is 23.2 Å². The van der Waals surface area contributed by atoms with E-state index in [1.165, 1.54) is 0 Å². The van der Waals surface area contributed by atoms with E-state index in [2.05, 4.69) is 0 Å². The zero-order valence-corrected chi connectivity index (χ0v) is 12.1. The van der Waals surface area contributed by atoms with Crippen molar-refractivity contribution in [2.75, 3.05) is 7.05 Å². The molecule has 0 aliphatic carbocycles. The maximum absolute atomic E-state index is 12.0. The number of nitrogens with zero attached hydrogens (tertiary/aromatic N) is 1. The second-order valence-corrected chi connectivity index (χ2v) is 5.09. The highest BCUT2D eigenvalue weighted by molar-refractivity contribution is 6.42. The first-order valence-electron chi connectivity index (χ1n) is 5.90. The van der Waals surface area contributed by atoms with E-state index in [4.69, 9.17) is 28.9 Å². The van der Waals surface area contributed by atoms with Crippen molar-refractivity contribution in [1.82, 2.24) is 4.90 Å². The summed E-state index contributed by atoms with van der Waals surface area (Å²) in [5, 5.41) is 0.982. The van der Waals surface area contributed by atoms with Crippen LogP contribution in [-0.4, -0.2) is 23.9 Å². The first-order chi connectivity index (χ1) is 8.47. The lowest BCUT2D eigenvalue weighted by Crippen LogP contribution is -2.41. The van der Waals surface area contributed by atoms with Crippen LogP contribution < -0.4 is 5.73 Å². The molecule has 100 valence electrons. The smallest absolute Gasteiger partial charge is 0.239 e. The number of rotatable bonds is 5. The van der Waals surface area contributed by atoms with Gasteiger partial charge >= 0.3 is 0 Å². The largest absolute Gasteiger partial charge is 0.340 e. The highest BCUT2D eigenvalue weighted by Crippen LogP contribution is 2.26. The zero-order chi connectivity index (χ0) is 13.7. The summed E-state index contributed by atoms with van der Waals surface area (Å²) >= 11 is 12.0. The van der Waals surface area contributed by atoms with E-state index >= 15 is 0 Å². The lowest BCUT2D eigenvalue weighted by molar-refractivity contribution is -0.131. The molecule has 5 heteroatoms. The summed E-state index contributed by atoms with van der Waals surface area (Å²) in [5.41, 5.74) is 6.62. The fourth-order valence-corrected chi connectivity index (χ4v) is 2.10. The van der Waals surface area contributed by atoms with E-state index in [-0.39, 0.29) is 5.91 Å². The van der Waals surface area contributed by atoms with Crippen LogP contribution in [0.25, 0.3) is 0 Å². The van der Waals surface area contributed by atoms with Crippen molar-refractivity contribution in [3.05, 3.63) is 33.8 Å². The summed E-state index contributed by atoms with van der Waals surface area (Å²) in [6, 6.07) is 4.94. The molecule has 0 bridgehead atoms. The third kappa shape index (κ3) is 3.87. The van der Waals surface area contributed by atoms with E-state index in [0.29, 0.717) is 23.0 Å². The van der Waals surface area contributed by atoms with Crippen molar-refractivity contribution < 1.29 is 4.79 Å². The van der Waals surface area contributed by atoms with Gasteiger partial charge in [0.2, 0.25) is 5.91 Å². The van der Waals surface area contributed by atoms with Crippen LogP contribution in [0, 0.1) is 0 Å². The zero-order valence-electron chi connectivity index (χ0n) is 10.6. The molecule has 1 aromatic carbocycles. The third-order valence-electron chi connectivity index (χ3n) is 2.73. The Morgan fingerprint density at radius 3 is 2.72 bits per heavy atom. The molecule has 1 aromatic rings. The van der Waals surface area contributed by atoms with Crippen LogP contribution in [0.1, 0.15) is 25.3 Å². The molecule has 3 nitrogen and oxygen atoms in total. The van der Waals surface area contributed by atoms with Gasteiger partial charge in [-0.2, -0.15) is 0 Å². The molecule has 18 heavy (non-hydrogen) atoms. The topological polar surface area (TPSA) is 46.3 Å². The van der Waals surface area contributed by atoms with Gasteiger partial charge in [-0.05, 0) is 18.1 Å². The Hall–Kier alpha value is -0.770. The predicted molar refractivity (Wildman–Crippen MR) is 75.8 cm³/mol. The van der Waals surface area contributed by atoms with Gasteiger partial charge in [-0.3, -0.25) is 4.79 Å². The van der Waals surface area contributed by atoms with Gasteiger partial charge in [-0.1, -0.05) is 48.7 Å². The fraction of sp³-hybridized carbons (Fsp3) is 0.462. The van der Waals surface area contributed by atoms with E-state index in [9.17, 15) is 4.79 Å². The Labute approximate surface area is 118 Å². The van der Waals surface area contributed by atoms with Crippen LogP contribution in [0.4, 0.5) is 0 Å². The molecular weight excluding hydrogens is 271 g/mol. The van der Waals surface area contributed by atoms with Gasteiger partial charge in [-0.15, -0.1) is 0 Å². The Bertz CT molecular complexity index is 423. The fourth-order valence-electron chi connectivity index (χ4n) is 1.72. The Morgan fingerprint density at radius 2 is 2.11 bits per heavy atom. The number of carbonyl (C=O) groups excluding carboxylic acids is 1. The SMILES string of the molecule is CCC[C@@H](N)C(=O)N(C)Cc1cccc(Cl)c1Cl. The highest BCUT2D eigenvalue weighted by atomic mass is 35.5. The van der Waals surface area contributed by atoms with Crippen molar-refractivity contribution in [3.63, 3.8) is 0 Å². The maximum Gasteiger partial charge on any atom is 0.239 e. The molecule has 1 rings (SSSR count). The quantitative estimate of drug-likeness (QED) is 0.905. The van der Waals surface area contributed by atoms with Gasteiger partial charge in [-0.25, -0.2) is 0 Å². The van der Waals surface area contributed by atoms with Crippen LogP contribution in [0.3, 0.4) is 0 Å². The summed E-state index contributed by atoms with van der Waals surface area (Å²) in [6.45, 7) is 2.41. The molecule has 1 atom stereocenters. The summed E-state index contributed by atoms with van der Waals surface area (Å²) in [7, 11) is 1.72. The van der Waals surface area contributed by atoms with Crippen LogP contribution in [0.2, 0.25) is 10.0 Å². The number of hydrogen-bond acceptors (Lipinski definition) is 2. The molecule has 0 aliphatic heterocycles. The van der Waals surface area contributed by atoms with Gasteiger partial charge < -0.3 is 10.6 Å². The monoisotopic (exact) mass is 288 g/mol. The standard InChI is InChI=1S/C13H18Cl2N2O/c1-3-5-11(16)13(18)17(2)8-9-6-4-7-10(14)12(9)15/h4,6-7,11H,3,5,8,16H2,1-2H3/t11-/m1/s1. The molecule has 0 saturated carbocycles. The first-order valence-corrected chi connectivity index (χ1v) is 6.66. The summed E-state index contributed by atoms with van der Waals surface area (Å²) in [4.78, 5) is 13.5.